The molecule has 0 saturated carbocycles. The van der Waals surface area contributed by atoms with Crippen LogP contribution < -0.4 is 5.32 Å². The molecular formula is C7H15NOS2. The monoisotopic (exact) mass is 193 g/mol. The number of hydrogen-bond donors (Lipinski definition) is 1. The highest BCUT2D eigenvalue weighted by Crippen LogP contribution is 2.25. The van der Waals surface area contributed by atoms with Crippen molar-refractivity contribution in [1.82, 2.24) is 5.32 Å². The number of carbonyl (C=O) groups excluding carboxylic acids is 1. The molecule has 0 saturated heterocycles. The van der Waals surface area contributed by atoms with Crippen molar-refractivity contribution in [2.45, 2.75) is 25.5 Å². The van der Waals surface area contributed by atoms with Crippen LogP contribution in [-0.4, -0.2) is 24.0 Å². The normalized spacial score (nSPS) is 12.6. The zero-order valence-electron chi connectivity index (χ0n) is 7.22. The predicted molar refractivity (Wildman–Crippen MR) is 53.9 cm³/mol. The van der Waals surface area contributed by atoms with E-state index in [0.717, 1.165) is 13.0 Å². The lowest BCUT2D eigenvalue weighted by atomic mass is 10.3. The second-order valence-electron chi connectivity index (χ2n) is 2.05. The molecular weight excluding hydrogens is 178 g/mol. The van der Waals surface area contributed by atoms with Crippen molar-refractivity contribution in [2.24, 2.45) is 0 Å². The average molecular weight is 193 g/mol. The van der Waals surface area contributed by atoms with Gasteiger partial charge in [0.05, 0.1) is 5.25 Å². The molecule has 0 bridgehead atoms. The van der Waals surface area contributed by atoms with Crippen LogP contribution in [0, 0.1) is 0 Å². The zero-order chi connectivity index (χ0) is 8.69. The Kier molecular flexibility index (Phi) is 6.96. The largest absolute Gasteiger partial charge is 0.355 e. The van der Waals surface area contributed by atoms with E-state index < -0.39 is 0 Å². The summed E-state index contributed by atoms with van der Waals surface area (Å²) >= 11 is 0. The van der Waals surface area contributed by atoms with Gasteiger partial charge in [-0.25, -0.2) is 0 Å². The third kappa shape index (κ3) is 4.58. The number of amides is 1. The molecule has 1 unspecified atom stereocenters. The summed E-state index contributed by atoms with van der Waals surface area (Å²) in [7, 11) is 3.27. The Labute approximate surface area is 76.3 Å². The van der Waals surface area contributed by atoms with E-state index in [0.29, 0.717) is 0 Å². The summed E-state index contributed by atoms with van der Waals surface area (Å²) in [6.45, 7) is 4.70. The van der Waals surface area contributed by atoms with E-state index in [1.54, 1.807) is 21.6 Å². The van der Waals surface area contributed by atoms with Crippen LogP contribution >= 0.6 is 21.6 Å². The first-order valence-corrected chi connectivity index (χ1v) is 6.35. The second kappa shape index (κ2) is 6.85. The molecule has 4 heteroatoms. The average Bonchev–Trinajstić information content (AvgIpc) is 2.00. The highest BCUT2D eigenvalue weighted by atomic mass is 33.1. The second-order valence-corrected chi connectivity index (χ2v) is 4.73. The van der Waals surface area contributed by atoms with E-state index in [1.165, 1.54) is 0 Å². The maximum Gasteiger partial charge on any atom is 0.233 e. The van der Waals surface area contributed by atoms with Gasteiger partial charge in [0.2, 0.25) is 5.91 Å². The molecule has 0 aromatic rings. The van der Waals surface area contributed by atoms with Crippen LogP contribution in [-0.2, 0) is 4.79 Å². The topological polar surface area (TPSA) is 29.1 Å². The molecule has 2 nitrogen and oxygen atoms in total. The molecule has 1 amide bonds. The van der Waals surface area contributed by atoms with Gasteiger partial charge in [0.15, 0.2) is 0 Å². The van der Waals surface area contributed by atoms with Crippen LogP contribution in [0.1, 0.15) is 20.3 Å². The lowest BCUT2D eigenvalue weighted by molar-refractivity contribution is -0.120. The molecule has 0 rings (SSSR count). The molecule has 0 fully saturated rings. The summed E-state index contributed by atoms with van der Waals surface area (Å²) in [6.07, 6.45) is 2.89. The fraction of sp³-hybridized carbons (Fsp3) is 0.857. The van der Waals surface area contributed by atoms with Crippen molar-refractivity contribution in [3.63, 3.8) is 0 Å². The summed E-state index contributed by atoms with van der Waals surface area (Å²) in [5, 5.41) is 2.92. The third-order valence-electron chi connectivity index (χ3n) is 1.23. The van der Waals surface area contributed by atoms with Crippen molar-refractivity contribution in [3.8, 4) is 0 Å². The van der Waals surface area contributed by atoms with Gasteiger partial charge in [-0.05, 0) is 19.6 Å². The van der Waals surface area contributed by atoms with Crippen LogP contribution in [0.15, 0.2) is 0 Å². The molecule has 1 N–H and O–H groups in total. The lowest BCUT2D eigenvalue weighted by Gasteiger charge is -2.11. The Balaban J connectivity index is 3.71. The molecule has 0 aliphatic rings. The van der Waals surface area contributed by atoms with Gasteiger partial charge in [0.25, 0.3) is 0 Å². The first-order chi connectivity index (χ1) is 5.26. The standard InChI is InChI=1S/C7H15NOS2/c1-4-6(11-10-3)7(9)8-5-2/h6H,4-5H2,1-3H3,(H,8,9). The van der Waals surface area contributed by atoms with Gasteiger partial charge >= 0.3 is 0 Å². The highest BCUT2D eigenvalue weighted by molar-refractivity contribution is 8.76. The summed E-state index contributed by atoms with van der Waals surface area (Å²) in [4.78, 5) is 11.2. The fourth-order valence-corrected chi connectivity index (χ4v) is 2.61. The molecule has 0 heterocycles. The Bertz CT molecular complexity index is 119. The van der Waals surface area contributed by atoms with E-state index in [9.17, 15) is 4.79 Å². The first kappa shape index (κ1) is 11.2. The highest BCUT2D eigenvalue weighted by Gasteiger charge is 2.14. The first-order valence-electron chi connectivity index (χ1n) is 3.73. The van der Waals surface area contributed by atoms with Crippen LogP contribution in [0.25, 0.3) is 0 Å². The van der Waals surface area contributed by atoms with Crippen molar-refractivity contribution in [1.29, 1.82) is 0 Å². The minimum atomic E-state index is 0.116. The number of rotatable bonds is 5. The zero-order valence-corrected chi connectivity index (χ0v) is 8.85. The van der Waals surface area contributed by atoms with Crippen molar-refractivity contribution in [3.05, 3.63) is 0 Å². The predicted octanol–water partition coefficient (Wildman–Crippen LogP) is 1.91. The van der Waals surface area contributed by atoms with E-state index in [-0.39, 0.29) is 11.2 Å². The fourth-order valence-electron chi connectivity index (χ4n) is 0.701. The van der Waals surface area contributed by atoms with Gasteiger partial charge in [-0.15, -0.1) is 0 Å². The van der Waals surface area contributed by atoms with Gasteiger partial charge in [0, 0.05) is 6.54 Å². The number of carbonyl (C=O) groups is 1. The molecule has 66 valence electrons. The quantitative estimate of drug-likeness (QED) is 0.676. The lowest BCUT2D eigenvalue weighted by Crippen LogP contribution is -2.31. The van der Waals surface area contributed by atoms with Gasteiger partial charge in [-0.2, -0.15) is 0 Å². The smallest absolute Gasteiger partial charge is 0.233 e. The summed E-state index contributed by atoms with van der Waals surface area (Å²) in [5.41, 5.74) is 0. The van der Waals surface area contributed by atoms with Crippen LogP contribution in [0.5, 0.6) is 0 Å². The van der Waals surface area contributed by atoms with Crippen molar-refractivity contribution in [2.75, 3.05) is 12.8 Å². The van der Waals surface area contributed by atoms with Crippen LogP contribution in [0.4, 0.5) is 0 Å². The van der Waals surface area contributed by atoms with E-state index >= 15 is 0 Å². The van der Waals surface area contributed by atoms with Crippen LogP contribution in [0.2, 0.25) is 0 Å². The van der Waals surface area contributed by atoms with Crippen molar-refractivity contribution < 1.29 is 4.79 Å². The van der Waals surface area contributed by atoms with E-state index in [2.05, 4.69) is 5.32 Å². The summed E-state index contributed by atoms with van der Waals surface area (Å²) in [5.74, 6) is 0.161. The number of nitrogens with one attached hydrogen (secondary N) is 1. The minimum Gasteiger partial charge on any atom is -0.355 e. The van der Waals surface area contributed by atoms with Gasteiger partial charge in [-0.3, -0.25) is 4.79 Å². The van der Waals surface area contributed by atoms with E-state index in [4.69, 9.17) is 0 Å². The summed E-state index contributed by atoms with van der Waals surface area (Å²) < 4.78 is 0. The molecule has 11 heavy (non-hydrogen) atoms. The molecule has 0 aliphatic carbocycles. The molecule has 0 aromatic carbocycles. The van der Waals surface area contributed by atoms with Crippen molar-refractivity contribution >= 4 is 27.5 Å². The maximum atomic E-state index is 11.2. The SMILES string of the molecule is CCNC(=O)C(CC)SSC. The molecule has 0 spiro atoms. The Morgan fingerprint density at radius 1 is 1.55 bits per heavy atom. The van der Waals surface area contributed by atoms with Gasteiger partial charge in [0.1, 0.15) is 0 Å². The van der Waals surface area contributed by atoms with E-state index in [1.807, 2.05) is 20.1 Å². The van der Waals surface area contributed by atoms with Crippen LogP contribution in [0.3, 0.4) is 0 Å². The molecule has 0 radical (unpaired) electrons. The van der Waals surface area contributed by atoms with Gasteiger partial charge < -0.3 is 5.32 Å². The molecule has 1 atom stereocenters. The molecule has 0 aromatic heterocycles. The third-order valence-corrected chi connectivity index (χ3v) is 3.47. The minimum absolute atomic E-state index is 0.116. The Morgan fingerprint density at radius 3 is 2.55 bits per heavy atom. The Hall–Kier alpha value is 0.170. The molecule has 0 aliphatic heterocycles. The Morgan fingerprint density at radius 2 is 2.18 bits per heavy atom. The number of hydrogen-bond acceptors (Lipinski definition) is 3. The summed E-state index contributed by atoms with van der Waals surface area (Å²) in [6, 6.07) is 0. The maximum absolute atomic E-state index is 11.2. The van der Waals surface area contributed by atoms with Gasteiger partial charge in [-0.1, -0.05) is 28.5 Å².